The topological polar surface area (TPSA) is 32.7 Å². The van der Waals surface area contributed by atoms with Crippen molar-refractivity contribution in [2.24, 2.45) is 5.92 Å². The van der Waals surface area contributed by atoms with Crippen LogP contribution in [0.5, 0.6) is 0 Å². The Kier molecular flexibility index (Phi) is 5.67. The predicted molar refractivity (Wildman–Crippen MR) is 77.0 cm³/mol. The number of hydrogen-bond donors (Lipinski definition) is 1. The van der Waals surface area contributed by atoms with Gasteiger partial charge in [0.05, 0.1) is 19.3 Å². The van der Waals surface area contributed by atoms with Gasteiger partial charge in [-0.05, 0) is 18.4 Å². The smallest absolute Gasteiger partial charge is 0.131 e. The number of nitrogens with zero attached hydrogens (tertiary/aromatic N) is 1. The second-order valence-electron chi connectivity index (χ2n) is 6.03. The summed E-state index contributed by atoms with van der Waals surface area (Å²) in [5.74, 6) is -0.803. The van der Waals surface area contributed by atoms with Crippen molar-refractivity contribution in [3.8, 4) is 0 Å². The highest BCUT2D eigenvalue weighted by molar-refractivity contribution is 5.21. The SMILES string of the molecule is CC(C)CC1COCCN1CC(O)c1ccc(F)cc1F. The summed E-state index contributed by atoms with van der Waals surface area (Å²) in [5, 5.41) is 10.3. The van der Waals surface area contributed by atoms with Crippen molar-refractivity contribution in [3.05, 3.63) is 35.4 Å². The molecule has 0 aliphatic carbocycles. The third kappa shape index (κ3) is 4.46. The van der Waals surface area contributed by atoms with Crippen molar-refractivity contribution in [2.45, 2.75) is 32.4 Å². The molecule has 1 aliphatic heterocycles. The first kappa shape index (κ1) is 16.3. The van der Waals surface area contributed by atoms with Gasteiger partial charge < -0.3 is 9.84 Å². The summed E-state index contributed by atoms with van der Waals surface area (Å²) < 4.78 is 32.1. The van der Waals surface area contributed by atoms with Gasteiger partial charge in [0, 0.05) is 30.8 Å². The first-order valence-corrected chi connectivity index (χ1v) is 7.42. The minimum absolute atomic E-state index is 0.145. The van der Waals surface area contributed by atoms with Crippen LogP contribution < -0.4 is 0 Å². The highest BCUT2D eigenvalue weighted by Crippen LogP contribution is 2.23. The number of halogens is 2. The molecule has 0 radical (unpaired) electrons. The van der Waals surface area contributed by atoms with Gasteiger partial charge in [-0.25, -0.2) is 8.78 Å². The third-order valence-corrected chi connectivity index (χ3v) is 3.82. The molecule has 0 spiro atoms. The van der Waals surface area contributed by atoms with Crippen LogP contribution in [0.25, 0.3) is 0 Å². The van der Waals surface area contributed by atoms with Crippen LogP contribution in [0.15, 0.2) is 18.2 Å². The number of rotatable bonds is 5. The van der Waals surface area contributed by atoms with Crippen LogP contribution in [0.4, 0.5) is 8.78 Å². The highest BCUT2D eigenvalue weighted by atomic mass is 19.1. The molecule has 1 heterocycles. The van der Waals surface area contributed by atoms with E-state index in [1.54, 1.807) is 0 Å². The maximum atomic E-state index is 13.7. The van der Waals surface area contributed by atoms with Crippen molar-refractivity contribution in [1.29, 1.82) is 0 Å². The Labute approximate surface area is 124 Å². The van der Waals surface area contributed by atoms with Gasteiger partial charge in [0.25, 0.3) is 0 Å². The number of ether oxygens (including phenoxy) is 1. The average Bonchev–Trinajstić information content (AvgIpc) is 2.40. The van der Waals surface area contributed by atoms with E-state index in [1.165, 1.54) is 12.1 Å². The fraction of sp³-hybridized carbons (Fsp3) is 0.625. The Bertz CT molecular complexity index is 468. The van der Waals surface area contributed by atoms with Crippen LogP contribution in [-0.4, -0.2) is 42.4 Å². The van der Waals surface area contributed by atoms with E-state index in [1.807, 2.05) is 0 Å². The summed E-state index contributed by atoms with van der Waals surface area (Å²) in [7, 11) is 0. The van der Waals surface area contributed by atoms with E-state index in [-0.39, 0.29) is 11.6 Å². The molecule has 2 unspecified atom stereocenters. The fourth-order valence-electron chi connectivity index (χ4n) is 2.78. The molecule has 1 aromatic rings. The summed E-state index contributed by atoms with van der Waals surface area (Å²) in [5.41, 5.74) is 0.145. The second kappa shape index (κ2) is 7.29. The van der Waals surface area contributed by atoms with Gasteiger partial charge in [0.15, 0.2) is 0 Å². The minimum atomic E-state index is -0.960. The Morgan fingerprint density at radius 3 is 2.81 bits per heavy atom. The van der Waals surface area contributed by atoms with Crippen molar-refractivity contribution >= 4 is 0 Å². The van der Waals surface area contributed by atoms with Gasteiger partial charge in [-0.1, -0.05) is 19.9 Å². The predicted octanol–water partition coefficient (Wildman–Crippen LogP) is 2.75. The maximum absolute atomic E-state index is 13.7. The Balaban J connectivity index is 2.04. The first-order chi connectivity index (χ1) is 9.97. The Hall–Kier alpha value is -1.04. The summed E-state index contributed by atoms with van der Waals surface area (Å²) in [6, 6.07) is 3.53. The van der Waals surface area contributed by atoms with Gasteiger partial charge in [-0.2, -0.15) is 0 Å². The molecule has 1 N–H and O–H groups in total. The van der Waals surface area contributed by atoms with Gasteiger partial charge in [-0.15, -0.1) is 0 Å². The van der Waals surface area contributed by atoms with Crippen molar-refractivity contribution in [3.63, 3.8) is 0 Å². The van der Waals surface area contributed by atoms with Crippen LogP contribution in [-0.2, 0) is 4.74 Å². The molecule has 2 rings (SSSR count). The molecule has 1 fully saturated rings. The summed E-state index contributed by atoms with van der Waals surface area (Å²) in [4.78, 5) is 2.14. The van der Waals surface area contributed by atoms with Gasteiger partial charge in [-0.3, -0.25) is 4.90 Å². The lowest BCUT2D eigenvalue weighted by atomic mass is 10.0. The molecule has 2 atom stereocenters. The molecular weight excluding hydrogens is 276 g/mol. The fourth-order valence-corrected chi connectivity index (χ4v) is 2.78. The zero-order valence-electron chi connectivity index (χ0n) is 12.6. The van der Waals surface area contributed by atoms with Crippen LogP contribution >= 0.6 is 0 Å². The standard InChI is InChI=1S/C16H23F2NO2/c1-11(2)7-13-10-21-6-5-19(13)9-16(20)14-4-3-12(17)8-15(14)18/h3-4,8,11,13,16,20H,5-7,9-10H2,1-2H3. The van der Waals surface area contributed by atoms with E-state index < -0.39 is 17.7 Å². The summed E-state index contributed by atoms with van der Waals surface area (Å²) in [6.07, 6.45) is 0.0110. The zero-order valence-corrected chi connectivity index (χ0v) is 12.6. The van der Waals surface area contributed by atoms with E-state index in [2.05, 4.69) is 18.7 Å². The van der Waals surface area contributed by atoms with E-state index in [0.717, 1.165) is 19.0 Å². The van der Waals surface area contributed by atoms with Crippen LogP contribution in [0, 0.1) is 17.6 Å². The summed E-state index contributed by atoms with van der Waals surface area (Å²) >= 11 is 0. The van der Waals surface area contributed by atoms with Crippen LogP contribution in [0.2, 0.25) is 0 Å². The normalized spacial score (nSPS) is 21.7. The number of hydrogen-bond acceptors (Lipinski definition) is 3. The zero-order chi connectivity index (χ0) is 15.4. The average molecular weight is 299 g/mol. The number of β-amino-alcohol motifs (C(OH)–C–C–N with tert-alkyl or cyclic N) is 1. The van der Waals surface area contributed by atoms with Crippen molar-refractivity contribution in [2.75, 3.05) is 26.3 Å². The number of aliphatic hydroxyl groups excluding tert-OH is 1. The highest BCUT2D eigenvalue weighted by Gasteiger charge is 2.26. The quantitative estimate of drug-likeness (QED) is 0.907. The molecule has 0 bridgehead atoms. The molecule has 0 aromatic heterocycles. The molecule has 3 nitrogen and oxygen atoms in total. The molecule has 0 amide bonds. The lowest BCUT2D eigenvalue weighted by Gasteiger charge is -2.37. The van der Waals surface area contributed by atoms with E-state index in [4.69, 9.17) is 4.74 Å². The van der Waals surface area contributed by atoms with Crippen LogP contribution in [0.1, 0.15) is 31.9 Å². The Morgan fingerprint density at radius 1 is 1.38 bits per heavy atom. The van der Waals surface area contributed by atoms with E-state index >= 15 is 0 Å². The number of aliphatic hydroxyl groups is 1. The third-order valence-electron chi connectivity index (χ3n) is 3.82. The molecule has 1 aromatic carbocycles. The van der Waals surface area contributed by atoms with Crippen molar-refractivity contribution < 1.29 is 18.6 Å². The van der Waals surface area contributed by atoms with Crippen LogP contribution in [0.3, 0.4) is 0 Å². The van der Waals surface area contributed by atoms with Gasteiger partial charge in [0.2, 0.25) is 0 Å². The lowest BCUT2D eigenvalue weighted by Crippen LogP contribution is -2.47. The Morgan fingerprint density at radius 2 is 2.14 bits per heavy atom. The molecule has 1 saturated heterocycles. The van der Waals surface area contributed by atoms with Crippen molar-refractivity contribution in [1.82, 2.24) is 4.90 Å². The van der Waals surface area contributed by atoms with E-state index in [0.29, 0.717) is 25.7 Å². The number of morpholine rings is 1. The lowest BCUT2D eigenvalue weighted by molar-refractivity contribution is -0.0333. The molecule has 5 heteroatoms. The number of benzene rings is 1. The monoisotopic (exact) mass is 299 g/mol. The molecule has 118 valence electrons. The minimum Gasteiger partial charge on any atom is -0.387 e. The molecule has 1 aliphatic rings. The summed E-state index contributed by atoms with van der Waals surface area (Å²) in [6.45, 7) is 6.59. The van der Waals surface area contributed by atoms with E-state index in [9.17, 15) is 13.9 Å². The van der Waals surface area contributed by atoms with Gasteiger partial charge >= 0.3 is 0 Å². The largest absolute Gasteiger partial charge is 0.387 e. The molecular formula is C16H23F2NO2. The molecule has 0 saturated carbocycles. The molecule has 21 heavy (non-hydrogen) atoms. The first-order valence-electron chi connectivity index (χ1n) is 7.42. The second-order valence-corrected chi connectivity index (χ2v) is 6.03. The van der Waals surface area contributed by atoms with Gasteiger partial charge in [0.1, 0.15) is 11.6 Å². The maximum Gasteiger partial charge on any atom is 0.131 e.